The highest BCUT2D eigenvalue weighted by Crippen LogP contribution is 2.30. The average molecular weight is 495 g/mol. The van der Waals surface area contributed by atoms with Crippen molar-refractivity contribution in [3.05, 3.63) is 70.6 Å². The number of esters is 1. The molecule has 0 amide bonds. The van der Waals surface area contributed by atoms with Crippen molar-refractivity contribution in [2.45, 2.75) is 60.2 Å². The first-order chi connectivity index (χ1) is 17.0. The molecule has 0 radical (unpaired) electrons. The molecule has 0 aliphatic carbocycles. The van der Waals surface area contributed by atoms with Crippen LogP contribution in [-0.2, 0) is 27.4 Å². The van der Waals surface area contributed by atoms with E-state index in [-0.39, 0.29) is 13.2 Å². The van der Waals surface area contributed by atoms with Gasteiger partial charge in [0.05, 0.1) is 18.8 Å². The van der Waals surface area contributed by atoms with Crippen LogP contribution >= 0.6 is 0 Å². The van der Waals surface area contributed by atoms with Crippen LogP contribution in [0.15, 0.2) is 46.9 Å². The minimum Gasteiger partial charge on any atom is -0.480 e. The van der Waals surface area contributed by atoms with Gasteiger partial charge in [-0.1, -0.05) is 30.3 Å². The third-order valence-corrected chi connectivity index (χ3v) is 5.70. The largest absolute Gasteiger partial charge is 0.480 e. The molecule has 0 atom stereocenters. The van der Waals surface area contributed by atoms with Crippen LogP contribution in [0.25, 0.3) is 11.5 Å². The Balaban J connectivity index is 1.81. The second-order valence-electron chi connectivity index (χ2n) is 9.32. The number of aromatic nitrogens is 1. The van der Waals surface area contributed by atoms with Gasteiger partial charge in [0, 0.05) is 18.7 Å². The van der Waals surface area contributed by atoms with Crippen LogP contribution in [0.2, 0.25) is 0 Å². The number of carbonyl (C=O) groups excluding carboxylic acids is 1. The number of hydrogen-bond donors (Lipinski definition) is 1. The summed E-state index contributed by atoms with van der Waals surface area (Å²) < 4.78 is 17.0. The molecule has 36 heavy (non-hydrogen) atoms. The van der Waals surface area contributed by atoms with Gasteiger partial charge in [-0.25, -0.2) is 9.78 Å². The maximum atomic E-state index is 12.3. The Labute approximate surface area is 211 Å². The maximum Gasteiger partial charge on any atom is 0.349 e. The van der Waals surface area contributed by atoms with E-state index in [4.69, 9.17) is 13.9 Å². The molecule has 2 aromatic carbocycles. The molecule has 192 valence electrons. The quantitative estimate of drug-likeness (QED) is 0.369. The molecule has 0 saturated carbocycles. The molecule has 1 aromatic heterocycles. The predicted molar refractivity (Wildman–Crippen MR) is 136 cm³/mol. The smallest absolute Gasteiger partial charge is 0.349 e. The van der Waals surface area contributed by atoms with E-state index in [1.54, 1.807) is 25.7 Å². The highest BCUT2D eigenvalue weighted by molar-refractivity contribution is 5.79. The second kappa shape index (κ2) is 11.4. The molecule has 0 unspecified atom stereocenters. The SMILES string of the molecule is CCOC(=O)C(C)(C)Oc1c(C)cc(CN(CC(=O)O)Cc2nc(-c3ccccc3)oc2C)cc1C. The lowest BCUT2D eigenvalue weighted by Gasteiger charge is -2.27. The number of hydrogen-bond acceptors (Lipinski definition) is 7. The second-order valence-corrected chi connectivity index (χ2v) is 9.32. The lowest BCUT2D eigenvalue weighted by Crippen LogP contribution is -2.40. The topological polar surface area (TPSA) is 102 Å². The van der Waals surface area contributed by atoms with E-state index >= 15 is 0 Å². The van der Waals surface area contributed by atoms with Crippen molar-refractivity contribution in [3.8, 4) is 17.2 Å². The normalized spacial score (nSPS) is 11.5. The summed E-state index contributed by atoms with van der Waals surface area (Å²) >= 11 is 0. The number of ether oxygens (including phenoxy) is 2. The Kier molecular flexibility index (Phi) is 8.53. The summed E-state index contributed by atoms with van der Waals surface area (Å²) in [6.45, 7) is 11.6. The fourth-order valence-electron chi connectivity index (χ4n) is 4.00. The van der Waals surface area contributed by atoms with E-state index in [9.17, 15) is 14.7 Å². The van der Waals surface area contributed by atoms with Crippen LogP contribution in [0, 0.1) is 20.8 Å². The van der Waals surface area contributed by atoms with Gasteiger partial charge in [0.1, 0.15) is 11.5 Å². The van der Waals surface area contributed by atoms with Crippen molar-refractivity contribution >= 4 is 11.9 Å². The zero-order valence-corrected chi connectivity index (χ0v) is 21.8. The van der Waals surface area contributed by atoms with Crippen molar-refractivity contribution in [2.24, 2.45) is 0 Å². The minimum absolute atomic E-state index is 0.154. The third-order valence-electron chi connectivity index (χ3n) is 5.70. The highest BCUT2D eigenvalue weighted by atomic mass is 16.6. The molecule has 0 saturated heterocycles. The summed E-state index contributed by atoms with van der Waals surface area (Å²) in [5.74, 6) is 0.418. The molecular weight excluding hydrogens is 460 g/mol. The van der Waals surface area contributed by atoms with Crippen LogP contribution in [0.5, 0.6) is 5.75 Å². The molecular formula is C28H34N2O6. The van der Waals surface area contributed by atoms with Gasteiger partial charge in [-0.2, -0.15) is 0 Å². The van der Waals surface area contributed by atoms with Crippen LogP contribution in [-0.4, -0.2) is 45.7 Å². The number of aliphatic carboxylic acids is 1. The van der Waals surface area contributed by atoms with Crippen molar-refractivity contribution in [3.63, 3.8) is 0 Å². The minimum atomic E-state index is -1.14. The van der Waals surface area contributed by atoms with E-state index in [1.807, 2.05) is 63.2 Å². The molecule has 0 aliphatic rings. The van der Waals surface area contributed by atoms with Crippen molar-refractivity contribution in [2.75, 3.05) is 13.2 Å². The molecule has 3 rings (SSSR count). The lowest BCUT2D eigenvalue weighted by atomic mass is 10.0. The third kappa shape index (κ3) is 6.73. The van der Waals surface area contributed by atoms with Crippen LogP contribution in [0.3, 0.4) is 0 Å². The summed E-state index contributed by atoms with van der Waals surface area (Å²) in [6.07, 6.45) is 0. The molecule has 0 spiro atoms. The average Bonchev–Trinajstić information content (AvgIpc) is 3.16. The monoisotopic (exact) mass is 494 g/mol. The first-order valence-corrected chi connectivity index (χ1v) is 11.9. The molecule has 0 aliphatic heterocycles. The molecule has 0 fully saturated rings. The number of aryl methyl sites for hydroxylation is 3. The molecule has 0 bridgehead atoms. The van der Waals surface area contributed by atoms with Gasteiger partial charge in [0.25, 0.3) is 0 Å². The van der Waals surface area contributed by atoms with Crippen molar-refractivity contribution in [1.82, 2.24) is 9.88 Å². The fourth-order valence-corrected chi connectivity index (χ4v) is 4.00. The Morgan fingerprint density at radius 2 is 1.69 bits per heavy atom. The van der Waals surface area contributed by atoms with Gasteiger partial charge >= 0.3 is 11.9 Å². The number of carbonyl (C=O) groups is 2. The molecule has 3 aromatic rings. The van der Waals surface area contributed by atoms with E-state index < -0.39 is 17.5 Å². The molecule has 8 nitrogen and oxygen atoms in total. The van der Waals surface area contributed by atoms with Gasteiger partial charge in [-0.3, -0.25) is 9.69 Å². The first-order valence-electron chi connectivity index (χ1n) is 11.9. The Bertz CT molecular complexity index is 1190. The van der Waals surface area contributed by atoms with Gasteiger partial charge in [0.15, 0.2) is 5.60 Å². The lowest BCUT2D eigenvalue weighted by molar-refractivity contribution is -0.158. The summed E-state index contributed by atoms with van der Waals surface area (Å²) in [4.78, 5) is 30.3. The summed E-state index contributed by atoms with van der Waals surface area (Å²) in [6, 6.07) is 13.5. The van der Waals surface area contributed by atoms with E-state index in [2.05, 4.69) is 4.98 Å². The van der Waals surface area contributed by atoms with E-state index in [0.717, 1.165) is 22.3 Å². The number of carboxylic acid groups (broad SMARTS) is 1. The number of benzene rings is 2. The fraction of sp³-hybridized carbons (Fsp3) is 0.393. The molecule has 1 N–H and O–H groups in total. The van der Waals surface area contributed by atoms with E-state index in [1.165, 1.54) is 0 Å². The number of oxazole rings is 1. The maximum absolute atomic E-state index is 12.3. The predicted octanol–water partition coefficient (Wildman–Crippen LogP) is 5.07. The summed E-state index contributed by atoms with van der Waals surface area (Å²) in [7, 11) is 0. The van der Waals surface area contributed by atoms with E-state index in [0.29, 0.717) is 36.2 Å². The first kappa shape index (κ1) is 26.9. The number of carboxylic acids is 1. The summed E-state index contributed by atoms with van der Waals surface area (Å²) in [5, 5.41) is 9.52. The van der Waals surface area contributed by atoms with Crippen molar-refractivity contribution < 1.29 is 28.6 Å². The summed E-state index contributed by atoms with van der Waals surface area (Å²) in [5.41, 5.74) is 3.05. The van der Waals surface area contributed by atoms with Gasteiger partial charge in [0.2, 0.25) is 5.89 Å². The van der Waals surface area contributed by atoms with Crippen LogP contribution in [0.1, 0.15) is 48.9 Å². The zero-order chi connectivity index (χ0) is 26.5. The molecule has 8 heteroatoms. The van der Waals surface area contributed by atoms with Gasteiger partial charge in [-0.15, -0.1) is 0 Å². The molecule has 1 heterocycles. The highest BCUT2D eigenvalue weighted by Gasteiger charge is 2.32. The number of rotatable bonds is 11. The van der Waals surface area contributed by atoms with Crippen molar-refractivity contribution in [1.29, 1.82) is 0 Å². The van der Waals surface area contributed by atoms with Crippen LogP contribution in [0.4, 0.5) is 0 Å². The standard InChI is InChI=1S/C28H34N2O6/c1-7-34-27(33)28(5,6)36-25-18(2)13-21(14-19(25)3)15-30(17-24(31)32)16-23-20(4)35-26(29-23)22-11-9-8-10-12-22/h8-14H,7,15-17H2,1-6H3,(H,31,32). The number of nitrogens with zero attached hydrogens (tertiary/aromatic N) is 2. The van der Waals surface area contributed by atoms with Crippen LogP contribution < -0.4 is 4.74 Å². The van der Waals surface area contributed by atoms with Gasteiger partial charge in [-0.05, 0) is 70.4 Å². The van der Waals surface area contributed by atoms with Gasteiger partial charge < -0.3 is 19.0 Å². The Morgan fingerprint density at radius 3 is 2.28 bits per heavy atom. The Morgan fingerprint density at radius 1 is 1.06 bits per heavy atom. The Hall–Kier alpha value is -3.65. The zero-order valence-electron chi connectivity index (χ0n) is 21.8.